The molecule has 4 nitrogen and oxygen atoms in total. The molecule has 0 spiro atoms. The highest BCUT2D eigenvalue weighted by molar-refractivity contribution is 7.80. The molecule has 0 saturated carbocycles. The van der Waals surface area contributed by atoms with Gasteiger partial charge in [-0.25, -0.2) is 0 Å². The molecule has 2 N–H and O–H groups in total. The fourth-order valence-corrected chi connectivity index (χ4v) is 4.22. The van der Waals surface area contributed by atoms with Crippen LogP contribution < -0.4 is 10.2 Å². The zero-order chi connectivity index (χ0) is 19.1. The number of H-pyrrole nitrogens is 1. The first kappa shape index (κ1) is 17.7. The zero-order valence-electron chi connectivity index (χ0n) is 16.1. The van der Waals surface area contributed by atoms with Gasteiger partial charge < -0.3 is 15.2 Å². The van der Waals surface area contributed by atoms with E-state index in [1.165, 1.54) is 22.4 Å². The van der Waals surface area contributed by atoms with E-state index in [0.29, 0.717) is 0 Å². The van der Waals surface area contributed by atoms with E-state index in [1.807, 2.05) is 18.3 Å². The van der Waals surface area contributed by atoms with Crippen LogP contribution in [0, 0.1) is 27.7 Å². The maximum atomic E-state index is 5.78. The monoisotopic (exact) mass is 376 g/mol. The Bertz CT molecular complexity index is 993. The van der Waals surface area contributed by atoms with Gasteiger partial charge in [0.15, 0.2) is 5.11 Å². The largest absolute Gasteiger partial charge is 0.362 e. The number of thiocarbonyl (C=S) groups is 1. The summed E-state index contributed by atoms with van der Waals surface area (Å²) in [6.07, 6.45) is 1.84. The maximum Gasteiger partial charge on any atom is 0.174 e. The van der Waals surface area contributed by atoms with Crippen LogP contribution in [0.15, 0.2) is 48.7 Å². The summed E-state index contributed by atoms with van der Waals surface area (Å²) >= 11 is 5.78. The van der Waals surface area contributed by atoms with Gasteiger partial charge in [-0.1, -0.05) is 12.1 Å². The van der Waals surface area contributed by atoms with E-state index in [2.05, 4.69) is 78.2 Å². The molecule has 3 heterocycles. The first-order chi connectivity index (χ1) is 13.0. The minimum Gasteiger partial charge on any atom is -0.362 e. The summed E-state index contributed by atoms with van der Waals surface area (Å²) in [5, 5.41) is 4.25. The van der Waals surface area contributed by atoms with Crippen LogP contribution in [0.3, 0.4) is 0 Å². The average molecular weight is 377 g/mol. The molecule has 4 rings (SSSR count). The lowest BCUT2D eigenvalue weighted by molar-refractivity contribution is 0.566. The molecule has 1 saturated heterocycles. The molecule has 2 unspecified atom stereocenters. The van der Waals surface area contributed by atoms with Gasteiger partial charge in [0.1, 0.15) is 0 Å². The second-order valence-electron chi connectivity index (χ2n) is 7.30. The Balaban J connectivity index is 1.87. The molecule has 27 heavy (non-hydrogen) atoms. The van der Waals surface area contributed by atoms with Crippen LogP contribution >= 0.6 is 12.2 Å². The van der Waals surface area contributed by atoms with Gasteiger partial charge in [0.2, 0.25) is 0 Å². The van der Waals surface area contributed by atoms with Gasteiger partial charge in [-0.05, 0) is 86.9 Å². The third-order valence-electron chi connectivity index (χ3n) is 5.38. The minimum absolute atomic E-state index is 0.00536. The van der Waals surface area contributed by atoms with Crippen molar-refractivity contribution < 1.29 is 0 Å². The molecule has 1 aromatic carbocycles. The number of hydrogen-bond donors (Lipinski definition) is 2. The third-order valence-corrected chi connectivity index (χ3v) is 5.69. The number of rotatable bonds is 3. The minimum atomic E-state index is -0.00536. The Morgan fingerprint density at radius 1 is 1.00 bits per heavy atom. The Hall–Kier alpha value is -2.66. The number of nitrogens with zero attached hydrogens (tertiary/aromatic N) is 2. The molecular formula is C22H24N4S. The highest BCUT2D eigenvalue weighted by Crippen LogP contribution is 2.42. The molecule has 0 amide bonds. The molecule has 1 aliphatic rings. The number of aromatic amines is 1. The average Bonchev–Trinajstić information content (AvgIpc) is 3.16. The van der Waals surface area contributed by atoms with Crippen LogP contribution in [0.4, 0.5) is 5.69 Å². The molecule has 1 fully saturated rings. The fraction of sp³-hybridized carbons (Fsp3) is 0.273. The summed E-state index contributed by atoms with van der Waals surface area (Å²) in [5.41, 5.74) is 8.21. The molecule has 2 aromatic heterocycles. The van der Waals surface area contributed by atoms with Crippen LogP contribution in [0.2, 0.25) is 0 Å². The van der Waals surface area contributed by atoms with Crippen LogP contribution in [0.25, 0.3) is 0 Å². The van der Waals surface area contributed by atoms with E-state index < -0.39 is 0 Å². The molecule has 1 aliphatic heterocycles. The van der Waals surface area contributed by atoms with E-state index in [-0.39, 0.29) is 12.1 Å². The predicted octanol–water partition coefficient (Wildman–Crippen LogP) is 4.82. The van der Waals surface area contributed by atoms with Crippen LogP contribution in [0.5, 0.6) is 0 Å². The molecule has 0 aliphatic carbocycles. The van der Waals surface area contributed by atoms with Crippen molar-refractivity contribution in [2.75, 3.05) is 4.90 Å². The Kier molecular flexibility index (Phi) is 4.48. The molecule has 138 valence electrons. The summed E-state index contributed by atoms with van der Waals surface area (Å²) < 4.78 is 0. The maximum absolute atomic E-state index is 5.78. The lowest BCUT2D eigenvalue weighted by Gasteiger charge is -2.28. The number of anilines is 1. The fourth-order valence-electron chi connectivity index (χ4n) is 3.88. The first-order valence-electron chi connectivity index (χ1n) is 9.19. The topological polar surface area (TPSA) is 44.0 Å². The van der Waals surface area contributed by atoms with Crippen molar-refractivity contribution in [3.63, 3.8) is 0 Å². The van der Waals surface area contributed by atoms with E-state index in [9.17, 15) is 0 Å². The predicted molar refractivity (Wildman–Crippen MR) is 114 cm³/mol. The normalized spacial score (nSPS) is 19.4. The number of benzene rings is 1. The van der Waals surface area contributed by atoms with Crippen molar-refractivity contribution in [2.24, 2.45) is 0 Å². The Labute approximate surface area is 165 Å². The SMILES string of the molecule is Cc1cc(C2C(c3ccccn3)NC(=S)N2c2ccc(C)c(C)c2)c(C)[nH]1. The first-order valence-corrected chi connectivity index (χ1v) is 9.60. The number of aromatic nitrogens is 2. The van der Waals surface area contributed by atoms with Crippen molar-refractivity contribution in [1.29, 1.82) is 0 Å². The van der Waals surface area contributed by atoms with Gasteiger partial charge in [-0.2, -0.15) is 0 Å². The second kappa shape index (κ2) is 6.82. The smallest absolute Gasteiger partial charge is 0.174 e. The van der Waals surface area contributed by atoms with Crippen molar-refractivity contribution >= 4 is 23.0 Å². The van der Waals surface area contributed by atoms with Crippen LogP contribution in [0.1, 0.15) is 45.9 Å². The number of pyridine rings is 1. The van der Waals surface area contributed by atoms with Crippen LogP contribution in [-0.4, -0.2) is 15.1 Å². The van der Waals surface area contributed by atoms with Crippen LogP contribution in [-0.2, 0) is 0 Å². The summed E-state index contributed by atoms with van der Waals surface area (Å²) in [6.45, 7) is 8.49. The van der Waals surface area contributed by atoms with Gasteiger partial charge in [0.25, 0.3) is 0 Å². The molecule has 0 radical (unpaired) electrons. The highest BCUT2D eigenvalue weighted by atomic mass is 32.1. The van der Waals surface area contributed by atoms with Crippen molar-refractivity contribution in [2.45, 2.75) is 39.8 Å². The number of hydrogen-bond acceptors (Lipinski definition) is 2. The quantitative estimate of drug-likeness (QED) is 0.643. The summed E-state index contributed by atoms with van der Waals surface area (Å²) in [7, 11) is 0. The lowest BCUT2D eigenvalue weighted by Crippen LogP contribution is -2.29. The van der Waals surface area contributed by atoms with E-state index >= 15 is 0 Å². The Morgan fingerprint density at radius 3 is 2.44 bits per heavy atom. The number of aryl methyl sites for hydroxylation is 4. The van der Waals surface area contributed by atoms with Gasteiger partial charge in [-0.15, -0.1) is 0 Å². The van der Waals surface area contributed by atoms with Crippen molar-refractivity contribution in [3.8, 4) is 0 Å². The molecule has 5 heteroatoms. The summed E-state index contributed by atoms with van der Waals surface area (Å²) in [6, 6.07) is 14.8. The van der Waals surface area contributed by atoms with E-state index in [4.69, 9.17) is 12.2 Å². The second-order valence-corrected chi connectivity index (χ2v) is 7.68. The summed E-state index contributed by atoms with van der Waals surface area (Å²) in [4.78, 5) is 10.3. The lowest BCUT2D eigenvalue weighted by atomic mass is 9.96. The Morgan fingerprint density at radius 2 is 1.81 bits per heavy atom. The van der Waals surface area contributed by atoms with E-state index in [0.717, 1.165) is 22.2 Å². The molecule has 3 aromatic rings. The van der Waals surface area contributed by atoms with Gasteiger partial charge >= 0.3 is 0 Å². The molecule has 2 atom stereocenters. The standard InChI is InChI=1S/C22H24N4S/c1-13-8-9-17(11-14(13)2)26-21(18-12-15(3)24-16(18)4)20(25-22(26)27)19-7-5-6-10-23-19/h5-12,20-21,24H,1-4H3,(H,25,27). The van der Waals surface area contributed by atoms with Gasteiger partial charge in [-0.3, -0.25) is 4.98 Å². The highest BCUT2D eigenvalue weighted by Gasteiger charge is 2.41. The summed E-state index contributed by atoms with van der Waals surface area (Å²) in [5.74, 6) is 0. The third kappa shape index (κ3) is 3.12. The van der Waals surface area contributed by atoms with Gasteiger partial charge in [0, 0.05) is 23.3 Å². The van der Waals surface area contributed by atoms with Crippen molar-refractivity contribution in [3.05, 3.63) is 82.4 Å². The van der Waals surface area contributed by atoms with E-state index in [1.54, 1.807) is 0 Å². The molecular weight excluding hydrogens is 352 g/mol. The zero-order valence-corrected chi connectivity index (χ0v) is 16.9. The molecule has 0 bridgehead atoms. The number of nitrogens with one attached hydrogen (secondary N) is 2. The van der Waals surface area contributed by atoms with Gasteiger partial charge in [0.05, 0.1) is 17.8 Å². The van der Waals surface area contributed by atoms with Crippen molar-refractivity contribution in [1.82, 2.24) is 15.3 Å².